The van der Waals surface area contributed by atoms with E-state index >= 15 is 0 Å². The van der Waals surface area contributed by atoms with Gasteiger partial charge in [0.1, 0.15) is 5.00 Å². The third-order valence-electron chi connectivity index (χ3n) is 3.80. The number of nitrogens with zero attached hydrogens (tertiary/aromatic N) is 3. The number of aromatic nitrogens is 1. The van der Waals surface area contributed by atoms with Crippen molar-refractivity contribution in [1.29, 1.82) is 0 Å². The minimum Gasteiger partial charge on any atom is -0.382 e. The molecule has 1 saturated heterocycles. The molecule has 0 aromatic carbocycles. The Labute approximate surface area is 130 Å². The normalized spacial score (nSPS) is 18.3. The van der Waals surface area contributed by atoms with Crippen molar-refractivity contribution in [2.24, 2.45) is 5.92 Å². The summed E-state index contributed by atoms with van der Waals surface area (Å²) in [7, 11) is 1.54. The largest absolute Gasteiger partial charge is 0.382 e. The first-order chi connectivity index (χ1) is 9.82. The average Bonchev–Trinajstić information content (AvgIpc) is 2.79. The maximum absolute atomic E-state index is 12.3. The summed E-state index contributed by atoms with van der Waals surface area (Å²) >= 11 is 1.11. The van der Waals surface area contributed by atoms with Crippen LogP contribution in [0.4, 0.5) is 10.8 Å². The van der Waals surface area contributed by atoms with Crippen LogP contribution in [-0.2, 0) is 10.0 Å². The molecular formula is C12H23N5O2S2. The van der Waals surface area contributed by atoms with Gasteiger partial charge >= 0.3 is 0 Å². The summed E-state index contributed by atoms with van der Waals surface area (Å²) in [5.41, 5.74) is 5.74. The van der Waals surface area contributed by atoms with Gasteiger partial charge < -0.3 is 16.0 Å². The maximum Gasteiger partial charge on any atom is 0.249 e. The zero-order chi connectivity index (χ0) is 15.6. The topological polar surface area (TPSA) is 91.6 Å². The standard InChI is InChI=1S/C12H23N5O2S2/c1-16(2)21(18,19)10-11(13)15-20-12(10)14-8-9-4-6-17(3)7-5-9/h9,14H,4-8H2,1-3H3,(H2,13,15). The number of nitrogens with one attached hydrogen (secondary N) is 1. The van der Waals surface area contributed by atoms with Crippen molar-refractivity contribution in [2.75, 3.05) is 51.8 Å². The quantitative estimate of drug-likeness (QED) is 0.825. The first-order valence-electron chi connectivity index (χ1n) is 6.92. The Bertz CT molecular complexity index is 576. The number of rotatable bonds is 5. The van der Waals surface area contributed by atoms with Crippen LogP contribution in [0.3, 0.4) is 0 Å². The number of nitrogens with two attached hydrogens (primary N) is 1. The summed E-state index contributed by atoms with van der Waals surface area (Å²) in [5.74, 6) is 0.624. The molecule has 1 aliphatic rings. The molecule has 0 saturated carbocycles. The smallest absolute Gasteiger partial charge is 0.249 e. The molecule has 1 aromatic heterocycles. The number of piperidine rings is 1. The molecule has 7 nitrogen and oxygen atoms in total. The number of likely N-dealkylation sites (tertiary alicyclic amines) is 1. The van der Waals surface area contributed by atoms with Crippen molar-refractivity contribution in [3.8, 4) is 0 Å². The Balaban J connectivity index is 2.08. The van der Waals surface area contributed by atoms with Crippen LogP contribution in [0.25, 0.3) is 0 Å². The van der Waals surface area contributed by atoms with E-state index in [0.717, 1.165) is 48.3 Å². The van der Waals surface area contributed by atoms with E-state index in [1.807, 2.05) is 0 Å². The summed E-state index contributed by atoms with van der Waals surface area (Å²) in [6, 6.07) is 0. The van der Waals surface area contributed by atoms with Crippen LogP contribution < -0.4 is 11.1 Å². The zero-order valence-electron chi connectivity index (χ0n) is 12.7. The summed E-state index contributed by atoms with van der Waals surface area (Å²) in [4.78, 5) is 2.41. The second kappa shape index (κ2) is 6.47. The average molecular weight is 333 g/mol. The van der Waals surface area contributed by atoms with Crippen LogP contribution in [0, 0.1) is 5.92 Å². The molecule has 1 aliphatic heterocycles. The van der Waals surface area contributed by atoms with Crippen molar-refractivity contribution >= 4 is 32.4 Å². The first-order valence-corrected chi connectivity index (χ1v) is 9.13. The molecule has 1 aromatic rings. The Morgan fingerprint density at radius 1 is 1.43 bits per heavy atom. The van der Waals surface area contributed by atoms with E-state index in [0.29, 0.717) is 10.9 Å². The van der Waals surface area contributed by atoms with Crippen LogP contribution in [0.5, 0.6) is 0 Å². The van der Waals surface area contributed by atoms with Gasteiger partial charge in [-0.3, -0.25) is 0 Å². The summed E-state index contributed by atoms with van der Waals surface area (Å²) in [6.45, 7) is 2.92. The molecule has 0 aliphatic carbocycles. The van der Waals surface area contributed by atoms with Gasteiger partial charge in [-0.15, -0.1) is 0 Å². The second-order valence-electron chi connectivity index (χ2n) is 5.64. The van der Waals surface area contributed by atoms with Gasteiger partial charge in [0.2, 0.25) is 10.0 Å². The maximum atomic E-state index is 12.3. The van der Waals surface area contributed by atoms with Crippen molar-refractivity contribution in [3.63, 3.8) is 0 Å². The van der Waals surface area contributed by atoms with E-state index in [4.69, 9.17) is 5.73 Å². The highest BCUT2D eigenvalue weighted by molar-refractivity contribution is 7.89. The molecule has 3 N–H and O–H groups in total. The van der Waals surface area contributed by atoms with Crippen LogP contribution in [0.2, 0.25) is 0 Å². The summed E-state index contributed by atoms with van der Waals surface area (Å²) < 4.78 is 29.7. The van der Waals surface area contributed by atoms with Gasteiger partial charge in [-0.2, -0.15) is 4.37 Å². The van der Waals surface area contributed by atoms with Gasteiger partial charge in [0, 0.05) is 20.6 Å². The van der Waals surface area contributed by atoms with E-state index < -0.39 is 10.0 Å². The molecule has 2 heterocycles. The fourth-order valence-electron chi connectivity index (χ4n) is 2.34. The summed E-state index contributed by atoms with van der Waals surface area (Å²) in [6.07, 6.45) is 2.24. The Kier molecular flexibility index (Phi) is 5.07. The van der Waals surface area contributed by atoms with Crippen molar-refractivity contribution in [3.05, 3.63) is 0 Å². The molecule has 120 valence electrons. The molecule has 9 heteroatoms. The predicted octanol–water partition coefficient (Wildman–Crippen LogP) is 0.729. The molecular weight excluding hydrogens is 310 g/mol. The number of anilines is 2. The summed E-state index contributed by atoms with van der Waals surface area (Å²) in [5, 5.41) is 3.77. The molecule has 0 bridgehead atoms. The fraction of sp³-hybridized carbons (Fsp3) is 0.750. The molecule has 0 radical (unpaired) electrons. The Morgan fingerprint density at radius 3 is 2.62 bits per heavy atom. The molecule has 0 unspecified atom stereocenters. The lowest BCUT2D eigenvalue weighted by Crippen LogP contribution is -2.33. The highest BCUT2D eigenvalue weighted by Crippen LogP contribution is 2.33. The van der Waals surface area contributed by atoms with Gasteiger partial charge in [-0.25, -0.2) is 12.7 Å². The molecule has 0 spiro atoms. The SMILES string of the molecule is CN1CCC(CNc2snc(N)c2S(=O)(=O)N(C)C)CC1. The van der Waals surface area contributed by atoms with Crippen molar-refractivity contribution in [2.45, 2.75) is 17.7 Å². The predicted molar refractivity (Wildman–Crippen MR) is 86.1 cm³/mol. The van der Waals surface area contributed by atoms with Crippen LogP contribution in [0.15, 0.2) is 4.90 Å². The fourth-order valence-corrected chi connectivity index (χ4v) is 4.43. The molecule has 0 amide bonds. The monoisotopic (exact) mass is 333 g/mol. The van der Waals surface area contributed by atoms with E-state index in [-0.39, 0.29) is 10.7 Å². The van der Waals surface area contributed by atoms with Crippen LogP contribution in [0.1, 0.15) is 12.8 Å². The second-order valence-corrected chi connectivity index (χ2v) is 8.50. The van der Waals surface area contributed by atoms with E-state index in [1.165, 1.54) is 14.1 Å². The lowest BCUT2D eigenvalue weighted by molar-refractivity contribution is 0.226. The van der Waals surface area contributed by atoms with Gasteiger partial charge in [0.15, 0.2) is 10.7 Å². The van der Waals surface area contributed by atoms with E-state index in [2.05, 4.69) is 21.6 Å². The lowest BCUT2D eigenvalue weighted by atomic mass is 9.97. The van der Waals surface area contributed by atoms with Gasteiger partial charge in [-0.05, 0) is 50.4 Å². The third-order valence-corrected chi connectivity index (χ3v) is 6.64. The molecule has 1 fully saturated rings. The third kappa shape index (κ3) is 3.65. The first kappa shape index (κ1) is 16.5. The van der Waals surface area contributed by atoms with Gasteiger partial charge in [0.05, 0.1) is 0 Å². The minimum absolute atomic E-state index is 0.0691. The molecule has 2 rings (SSSR count). The van der Waals surface area contributed by atoms with Gasteiger partial charge in [0.25, 0.3) is 0 Å². The Hall–Kier alpha value is -0.900. The number of nitrogen functional groups attached to an aromatic ring is 1. The van der Waals surface area contributed by atoms with Gasteiger partial charge in [-0.1, -0.05) is 0 Å². The molecule has 0 atom stereocenters. The highest BCUT2D eigenvalue weighted by Gasteiger charge is 2.28. The van der Waals surface area contributed by atoms with Crippen molar-refractivity contribution < 1.29 is 8.42 Å². The van der Waals surface area contributed by atoms with E-state index in [1.54, 1.807) is 0 Å². The van der Waals surface area contributed by atoms with Crippen molar-refractivity contribution in [1.82, 2.24) is 13.6 Å². The lowest BCUT2D eigenvalue weighted by Gasteiger charge is -2.29. The Morgan fingerprint density at radius 2 is 2.05 bits per heavy atom. The molecule has 21 heavy (non-hydrogen) atoms. The zero-order valence-corrected chi connectivity index (χ0v) is 14.3. The number of sulfonamides is 1. The highest BCUT2D eigenvalue weighted by atomic mass is 32.2. The van der Waals surface area contributed by atoms with E-state index in [9.17, 15) is 8.42 Å². The number of hydrogen-bond acceptors (Lipinski definition) is 7. The van der Waals surface area contributed by atoms with Crippen LogP contribution in [-0.4, -0.2) is 62.8 Å². The minimum atomic E-state index is -3.57. The van der Waals surface area contributed by atoms with Crippen LogP contribution >= 0.6 is 11.5 Å². The number of hydrogen-bond donors (Lipinski definition) is 2.